The van der Waals surface area contributed by atoms with Crippen LogP contribution in [-0.2, 0) is 13.2 Å². The average Bonchev–Trinajstić information content (AvgIpc) is 2.15. The summed E-state index contributed by atoms with van der Waals surface area (Å²) in [4.78, 5) is 0. The fourth-order valence-corrected chi connectivity index (χ4v) is 0.879. The van der Waals surface area contributed by atoms with Gasteiger partial charge in [-0.15, -0.1) is 0 Å². The van der Waals surface area contributed by atoms with Crippen LogP contribution in [-0.4, -0.2) is 9.78 Å². The normalized spacial score (nSPS) is 12.2. The molecule has 0 aliphatic rings. The minimum absolute atomic E-state index is 0.468. The maximum atomic E-state index is 12.7. The van der Waals surface area contributed by atoms with Gasteiger partial charge >= 0.3 is 6.18 Å². The molecule has 0 saturated heterocycles. The predicted molar refractivity (Wildman–Crippen MR) is 32.9 cm³/mol. The molecule has 6 heteroatoms. The number of aromatic nitrogens is 2. The Bertz CT molecular complexity index is 299. The number of halogens is 4. The zero-order valence-corrected chi connectivity index (χ0v) is 6.41. The third-order valence-corrected chi connectivity index (χ3v) is 1.47. The van der Waals surface area contributed by atoms with Crippen molar-refractivity contribution in [1.82, 2.24) is 9.78 Å². The van der Waals surface area contributed by atoms with E-state index >= 15 is 0 Å². The van der Waals surface area contributed by atoms with Crippen LogP contribution in [0.5, 0.6) is 0 Å². The second-order valence-electron chi connectivity index (χ2n) is 2.39. The quantitative estimate of drug-likeness (QED) is 0.560. The Morgan fingerprint density at radius 2 is 1.83 bits per heavy atom. The fourth-order valence-electron chi connectivity index (χ4n) is 0.879. The van der Waals surface area contributed by atoms with Gasteiger partial charge in [-0.25, -0.2) is 4.68 Å². The lowest BCUT2D eigenvalue weighted by Gasteiger charge is -2.01. The van der Waals surface area contributed by atoms with Gasteiger partial charge in [0.05, 0.1) is 0 Å². The summed E-state index contributed by atoms with van der Waals surface area (Å²) in [6, 6.07) is 0. The van der Waals surface area contributed by atoms with Crippen LogP contribution in [0.15, 0.2) is 0 Å². The van der Waals surface area contributed by atoms with Crippen LogP contribution in [0.3, 0.4) is 0 Å². The highest BCUT2D eigenvalue weighted by atomic mass is 19.4. The largest absolute Gasteiger partial charge is 0.435 e. The van der Waals surface area contributed by atoms with E-state index in [1.165, 1.54) is 0 Å². The zero-order chi connectivity index (χ0) is 9.52. The highest BCUT2D eigenvalue weighted by Crippen LogP contribution is 2.31. The molecule has 0 saturated carbocycles. The highest BCUT2D eigenvalue weighted by Gasteiger charge is 2.37. The summed E-state index contributed by atoms with van der Waals surface area (Å²) in [5, 5.41) is 3.00. The Hall–Kier alpha value is -1.07. The molecule has 0 N–H and O–H groups in total. The van der Waals surface area contributed by atoms with Gasteiger partial charge in [0.25, 0.3) is 0 Å². The van der Waals surface area contributed by atoms with E-state index in [1.807, 2.05) is 0 Å². The van der Waals surface area contributed by atoms with Crippen molar-refractivity contribution in [2.45, 2.75) is 13.1 Å². The van der Waals surface area contributed by atoms with Crippen LogP contribution in [0.4, 0.5) is 17.6 Å². The second-order valence-corrected chi connectivity index (χ2v) is 2.39. The van der Waals surface area contributed by atoms with Crippen molar-refractivity contribution in [3.8, 4) is 0 Å². The van der Waals surface area contributed by atoms with Crippen molar-refractivity contribution >= 4 is 0 Å². The standard InChI is InChI=1S/C6H6F4N2/c1-3-4(6(8,9)10)11-12(2)5(3)7/h1-2H3. The number of nitrogens with zero attached hydrogens (tertiary/aromatic N) is 2. The van der Waals surface area contributed by atoms with Gasteiger partial charge in [0.2, 0.25) is 5.95 Å². The number of hydrogen-bond donors (Lipinski definition) is 0. The Balaban J connectivity index is 3.28. The van der Waals surface area contributed by atoms with Gasteiger partial charge in [0, 0.05) is 12.6 Å². The first-order valence-corrected chi connectivity index (χ1v) is 3.10. The lowest BCUT2D eigenvalue weighted by molar-refractivity contribution is -0.141. The smallest absolute Gasteiger partial charge is 0.242 e. The van der Waals surface area contributed by atoms with Crippen molar-refractivity contribution in [2.24, 2.45) is 7.05 Å². The van der Waals surface area contributed by atoms with Gasteiger partial charge in [-0.05, 0) is 6.92 Å². The van der Waals surface area contributed by atoms with Gasteiger partial charge in [-0.3, -0.25) is 0 Å². The van der Waals surface area contributed by atoms with E-state index in [0.717, 1.165) is 14.0 Å². The molecule has 0 aliphatic heterocycles. The van der Waals surface area contributed by atoms with Crippen LogP contribution in [0.1, 0.15) is 11.3 Å². The lowest BCUT2D eigenvalue weighted by atomic mass is 10.3. The molecular weight excluding hydrogens is 176 g/mol. The molecule has 12 heavy (non-hydrogen) atoms. The zero-order valence-electron chi connectivity index (χ0n) is 6.41. The first kappa shape index (κ1) is 9.02. The van der Waals surface area contributed by atoms with E-state index in [0.29, 0.717) is 4.68 Å². The van der Waals surface area contributed by atoms with Crippen LogP contribution < -0.4 is 0 Å². The van der Waals surface area contributed by atoms with Crippen molar-refractivity contribution in [3.63, 3.8) is 0 Å². The molecule has 0 amide bonds. The molecule has 0 radical (unpaired) electrons. The van der Waals surface area contributed by atoms with Gasteiger partial charge in [0.1, 0.15) is 0 Å². The van der Waals surface area contributed by atoms with Crippen molar-refractivity contribution in [2.75, 3.05) is 0 Å². The van der Waals surface area contributed by atoms with Crippen molar-refractivity contribution in [3.05, 3.63) is 17.2 Å². The number of rotatable bonds is 0. The molecule has 68 valence electrons. The van der Waals surface area contributed by atoms with E-state index in [-0.39, 0.29) is 0 Å². The molecule has 0 fully saturated rings. The summed E-state index contributed by atoms with van der Waals surface area (Å²) in [5.41, 5.74) is -1.63. The van der Waals surface area contributed by atoms with E-state index in [2.05, 4.69) is 5.10 Å². The molecule has 1 heterocycles. The first-order valence-electron chi connectivity index (χ1n) is 3.10. The van der Waals surface area contributed by atoms with Crippen molar-refractivity contribution < 1.29 is 17.6 Å². The van der Waals surface area contributed by atoms with Crippen LogP contribution in [0.2, 0.25) is 0 Å². The topological polar surface area (TPSA) is 17.8 Å². The molecule has 0 bridgehead atoms. The van der Waals surface area contributed by atoms with E-state index < -0.39 is 23.4 Å². The first-order chi connectivity index (χ1) is 5.34. The maximum absolute atomic E-state index is 12.7. The number of hydrogen-bond acceptors (Lipinski definition) is 1. The predicted octanol–water partition coefficient (Wildman–Crippen LogP) is 1.89. The third kappa shape index (κ3) is 1.28. The van der Waals surface area contributed by atoms with E-state index in [9.17, 15) is 17.6 Å². The summed E-state index contributed by atoms with van der Waals surface area (Å²) >= 11 is 0. The summed E-state index contributed by atoms with van der Waals surface area (Å²) < 4.78 is 49.2. The summed E-state index contributed by atoms with van der Waals surface area (Å²) in [6.45, 7) is 1.05. The lowest BCUT2D eigenvalue weighted by Crippen LogP contribution is -2.08. The fraction of sp³-hybridized carbons (Fsp3) is 0.500. The molecule has 0 aliphatic carbocycles. The molecule has 1 aromatic heterocycles. The van der Waals surface area contributed by atoms with Gasteiger partial charge in [-0.2, -0.15) is 22.7 Å². The van der Waals surface area contributed by atoms with Crippen LogP contribution in [0, 0.1) is 12.9 Å². The molecular formula is C6H6F4N2. The van der Waals surface area contributed by atoms with Crippen LogP contribution in [0.25, 0.3) is 0 Å². The average molecular weight is 182 g/mol. The van der Waals surface area contributed by atoms with Crippen LogP contribution >= 0.6 is 0 Å². The molecule has 0 spiro atoms. The van der Waals surface area contributed by atoms with Gasteiger partial charge in [-0.1, -0.05) is 0 Å². The Morgan fingerprint density at radius 3 is 2.00 bits per heavy atom. The monoisotopic (exact) mass is 182 g/mol. The molecule has 2 nitrogen and oxygen atoms in total. The molecule has 1 aromatic rings. The summed E-state index contributed by atoms with van der Waals surface area (Å²) in [6.07, 6.45) is -4.58. The van der Waals surface area contributed by atoms with E-state index in [1.54, 1.807) is 0 Å². The molecule has 0 atom stereocenters. The third-order valence-electron chi connectivity index (χ3n) is 1.47. The van der Waals surface area contributed by atoms with E-state index in [4.69, 9.17) is 0 Å². The number of aryl methyl sites for hydroxylation is 1. The maximum Gasteiger partial charge on any atom is 0.435 e. The SMILES string of the molecule is Cc1c(C(F)(F)F)nn(C)c1F. The number of alkyl halides is 3. The molecule has 0 aromatic carbocycles. The summed E-state index contributed by atoms with van der Waals surface area (Å²) in [5.74, 6) is -0.956. The van der Waals surface area contributed by atoms with Gasteiger partial charge < -0.3 is 0 Å². The molecule has 0 unspecified atom stereocenters. The van der Waals surface area contributed by atoms with Crippen molar-refractivity contribution in [1.29, 1.82) is 0 Å². The minimum Gasteiger partial charge on any atom is -0.242 e. The minimum atomic E-state index is -4.58. The Morgan fingerprint density at radius 1 is 1.33 bits per heavy atom. The summed E-state index contributed by atoms with van der Waals surface area (Å²) in [7, 11) is 1.12. The second kappa shape index (κ2) is 2.46. The highest BCUT2D eigenvalue weighted by molar-refractivity contribution is 5.19. The van der Waals surface area contributed by atoms with Gasteiger partial charge in [0.15, 0.2) is 5.69 Å². The molecule has 1 rings (SSSR count). The Labute approximate surface area is 65.8 Å². The Kier molecular flexibility index (Phi) is 1.85.